The molecule has 19 heavy (non-hydrogen) atoms. The van der Waals surface area contributed by atoms with Gasteiger partial charge in [0.25, 0.3) is 0 Å². The topological polar surface area (TPSA) is 18.5 Å². The third-order valence-electron chi connectivity index (χ3n) is 2.75. The zero-order chi connectivity index (χ0) is 13.7. The van der Waals surface area contributed by atoms with Gasteiger partial charge < -0.3 is 9.47 Å². The zero-order valence-electron chi connectivity index (χ0n) is 10.5. The molecule has 0 bridgehead atoms. The highest BCUT2D eigenvalue weighted by atomic mass is 79.9. The van der Waals surface area contributed by atoms with E-state index >= 15 is 0 Å². The van der Waals surface area contributed by atoms with Gasteiger partial charge in [-0.2, -0.15) is 0 Å². The highest BCUT2D eigenvalue weighted by molar-refractivity contribution is 9.08. The van der Waals surface area contributed by atoms with Crippen LogP contribution in [0.2, 0.25) is 5.02 Å². The van der Waals surface area contributed by atoms with E-state index in [1.165, 1.54) is 0 Å². The van der Waals surface area contributed by atoms with Gasteiger partial charge in [0, 0.05) is 21.5 Å². The van der Waals surface area contributed by atoms with Gasteiger partial charge in [-0.25, -0.2) is 0 Å². The fourth-order valence-electron chi connectivity index (χ4n) is 1.76. The molecule has 0 atom stereocenters. The van der Waals surface area contributed by atoms with E-state index in [-0.39, 0.29) is 0 Å². The summed E-state index contributed by atoms with van der Waals surface area (Å²) in [6.07, 6.45) is 0. The first-order chi connectivity index (χ1) is 9.26. The SMILES string of the molecule is COc1cccc(CBr)c1OCc1ccccc1Cl. The van der Waals surface area contributed by atoms with Gasteiger partial charge in [-0.05, 0) is 12.1 Å². The molecule has 0 fully saturated rings. The van der Waals surface area contributed by atoms with Gasteiger partial charge >= 0.3 is 0 Å². The average molecular weight is 342 g/mol. The molecule has 0 aliphatic carbocycles. The lowest BCUT2D eigenvalue weighted by molar-refractivity contribution is 0.282. The van der Waals surface area contributed by atoms with Crippen LogP contribution in [0.1, 0.15) is 11.1 Å². The molecule has 0 unspecified atom stereocenters. The zero-order valence-corrected chi connectivity index (χ0v) is 12.9. The molecule has 2 aromatic carbocycles. The molecule has 0 saturated heterocycles. The van der Waals surface area contributed by atoms with Crippen LogP contribution in [0.25, 0.3) is 0 Å². The second kappa shape index (κ2) is 6.83. The predicted octanol–water partition coefficient (Wildman–Crippen LogP) is 4.82. The molecule has 0 N–H and O–H groups in total. The first kappa shape index (κ1) is 14.2. The van der Waals surface area contributed by atoms with Crippen LogP contribution in [-0.2, 0) is 11.9 Å². The van der Waals surface area contributed by atoms with Crippen LogP contribution in [0.3, 0.4) is 0 Å². The second-order valence-corrected chi connectivity index (χ2v) is 4.93. The highest BCUT2D eigenvalue weighted by Crippen LogP contribution is 2.33. The van der Waals surface area contributed by atoms with E-state index in [9.17, 15) is 0 Å². The second-order valence-electron chi connectivity index (χ2n) is 3.96. The first-order valence-electron chi connectivity index (χ1n) is 5.84. The highest BCUT2D eigenvalue weighted by Gasteiger charge is 2.10. The molecule has 0 heterocycles. The Hall–Kier alpha value is -1.19. The number of benzene rings is 2. The van der Waals surface area contributed by atoms with Crippen molar-refractivity contribution in [2.75, 3.05) is 7.11 Å². The maximum Gasteiger partial charge on any atom is 0.165 e. The summed E-state index contributed by atoms with van der Waals surface area (Å²) in [5.74, 6) is 1.48. The molecule has 0 radical (unpaired) electrons. The number of alkyl halides is 1. The van der Waals surface area contributed by atoms with Crippen molar-refractivity contribution in [2.24, 2.45) is 0 Å². The van der Waals surface area contributed by atoms with E-state index in [1.807, 2.05) is 42.5 Å². The molecule has 100 valence electrons. The van der Waals surface area contributed by atoms with E-state index in [1.54, 1.807) is 7.11 Å². The van der Waals surface area contributed by atoms with Crippen molar-refractivity contribution in [3.63, 3.8) is 0 Å². The Bertz CT molecular complexity index is 535. The Kier molecular flexibility index (Phi) is 5.11. The van der Waals surface area contributed by atoms with Crippen molar-refractivity contribution < 1.29 is 9.47 Å². The summed E-state index contributed by atoms with van der Waals surface area (Å²) in [6.45, 7) is 0.417. The van der Waals surface area contributed by atoms with Gasteiger partial charge in [0.15, 0.2) is 11.5 Å². The van der Waals surface area contributed by atoms with E-state index < -0.39 is 0 Å². The van der Waals surface area contributed by atoms with E-state index in [0.29, 0.717) is 17.0 Å². The predicted molar refractivity (Wildman–Crippen MR) is 81.4 cm³/mol. The number of halogens is 2. The van der Waals surface area contributed by atoms with E-state index in [2.05, 4.69) is 15.9 Å². The largest absolute Gasteiger partial charge is 0.493 e. The molecule has 0 aliphatic heterocycles. The monoisotopic (exact) mass is 340 g/mol. The van der Waals surface area contributed by atoms with E-state index in [4.69, 9.17) is 21.1 Å². The lowest BCUT2D eigenvalue weighted by Gasteiger charge is -2.14. The van der Waals surface area contributed by atoms with Crippen LogP contribution < -0.4 is 9.47 Å². The maximum absolute atomic E-state index is 6.12. The number of rotatable bonds is 5. The van der Waals surface area contributed by atoms with Crippen LogP contribution >= 0.6 is 27.5 Å². The van der Waals surface area contributed by atoms with Gasteiger partial charge in [0.05, 0.1) is 7.11 Å². The first-order valence-corrected chi connectivity index (χ1v) is 7.34. The van der Waals surface area contributed by atoms with Crippen LogP contribution in [0.4, 0.5) is 0 Å². The number of hydrogen-bond donors (Lipinski definition) is 0. The van der Waals surface area contributed by atoms with Crippen molar-refractivity contribution >= 4 is 27.5 Å². The third-order valence-corrected chi connectivity index (χ3v) is 3.73. The van der Waals surface area contributed by atoms with Crippen LogP contribution in [0.15, 0.2) is 42.5 Å². The van der Waals surface area contributed by atoms with Crippen molar-refractivity contribution in [3.05, 3.63) is 58.6 Å². The Morgan fingerprint density at radius 2 is 1.79 bits per heavy atom. The van der Waals surface area contributed by atoms with E-state index in [0.717, 1.165) is 22.6 Å². The van der Waals surface area contributed by atoms with Crippen molar-refractivity contribution in [2.45, 2.75) is 11.9 Å². The molecule has 2 rings (SSSR count). The lowest BCUT2D eigenvalue weighted by atomic mass is 10.2. The third kappa shape index (κ3) is 3.43. The number of ether oxygens (including phenoxy) is 2. The Labute approximate surface area is 126 Å². The van der Waals surface area contributed by atoms with Crippen molar-refractivity contribution in [1.29, 1.82) is 0 Å². The fourth-order valence-corrected chi connectivity index (χ4v) is 2.39. The molecular formula is C15H14BrClO2. The number of hydrogen-bond acceptors (Lipinski definition) is 2. The maximum atomic E-state index is 6.12. The minimum atomic E-state index is 0.417. The molecule has 2 nitrogen and oxygen atoms in total. The van der Waals surface area contributed by atoms with Gasteiger partial charge in [-0.15, -0.1) is 0 Å². The van der Waals surface area contributed by atoms with Crippen LogP contribution in [0.5, 0.6) is 11.5 Å². The quantitative estimate of drug-likeness (QED) is 0.726. The van der Waals surface area contributed by atoms with Gasteiger partial charge in [-0.1, -0.05) is 57.9 Å². The molecule has 0 aromatic heterocycles. The number of para-hydroxylation sites is 1. The Morgan fingerprint density at radius 1 is 1.05 bits per heavy atom. The Morgan fingerprint density at radius 3 is 2.47 bits per heavy atom. The van der Waals surface area contributed by atoms with Gasteiger partial charge in [-0.3, -0.25) is 0 Å². The minimum absolute atomic E-state index is 0.417. The number of methoxy groups -OCH3 is 1. The molecule has 0 aliphatic rings. The molecule has 0 saturated carbocycles. The van der Waals surface area contributed by atoms with Gasteiger partial charge in [0.1, 0.15) is 6.61 Å². The normalized spacial score (nSPS) is 10.3. The molecular weight excluding hydrogens is 328 g/mol. The smallest absolute Gasteiger partial charge is 0.165 e. The fraction of sp³-hybridized carbons (Fsp3) is 0.200. The summed E-state index contributed by atoms with van der Waals surface area (Å²) < 4.78 is 11.2. The summed E-state index contributed by atoms with van der Waals surface area (Å²) in [4.78, 5) is 0. The standard InChI is InChI=1S/C15H14BrClO2/c1-18-14-8-4-6-11(9-16)15(14)19-10-12-5-2-3-7-13(12)17/h2-8H,9-10H2,1H3. The van der Waals surface area contributed by atoms with Crippen molar-refractivity contribution in [3.8, 4) is 11.5 Å². The Balaban J connectivity index is 2.21. The van der Waals surface area contributed by atoms with Crippen LogP contribution in [0, 0.1) is 0 Å². The molecule has 2 aromatic rings. The molecule has 4 heteroatoms. The average Bonchev–Trinajstić information content (AvgIpc) is 2.46. The van der Waals surface area contributed by atoms with Gasteiger partial charge in [0.2, 0.25) is 0 Å². The van der Waals surface area contributed by atoms with Crippen molar-refractivity contribution in [1.82, 2.24) is 0 Å². The molecule has 0 amide bonds. The summed E-state index contributed by atoms with van der Waals surface area (Å²) in [6, 6.07) is 13.5. The summed E-state index contributed by atoms with van der Waals surface area (Å²) in [5, 5.41) is 1.42. The molecule has 0 spiro atoms. The summed E-state index contributed by atoms with van der Waals surface area (Å²) in [7, 11) is 1.63. The van der Waals surface area contributed by atoms with Crippen LogP contribution in [-0.4, -0.2) is 7.11 Å². The minimum Gasteiger partial charge on any atom is -0.493 e. The summed E-state index contributed by atoms with van der Waals surface area (Å²) in [5.41, 5.74) is 2.00. The summed E-state index contributed by atoms with van der Waals surface area (Å²) >= 11 is 9.57. The lowest BCUT2D eigenvalue weighted by Crippen LogP contribution is -2.00.